The van der Waals surface area contributed by atoms with Crippen molar-refractivity contribution >= 4 is 39.4 Å². The number of anilines is 1. The van der Waals surface area contributed by atoms with Crippen molar-refractivity contribution in [1.29, 1.82) is 5.26 Å². The average Bonchev–Trinajstić information content (AvgIpc) is 2.83. The summed E-state index contributed by atoms with van der Waals surface area (Å²) in [4.78, 5) is 33.1. The molecule has 0 aromatic heterocycles. The van der Waals surface area contributed by atoms with Crippen LogP contribution in [0.3, 0.4) is 0 Å². The fourth-order valence-electron chi connectivity index (χ4n) is 2.74. The smallest absolute Gasteiger partial charge is 0.339 e. The molecule has 0 fully saturated rings. The highest BCUT2D eigenvalue weighted by atomic mass is 32.2. The molecule has 0 aliphatic rings. The number of aromatic carboxylic acids is 1. The van der Waals surface area contributed by atoms with Crippen LogP contribution >= 0.6 is 0 Å². The second-order valence-corrected chi connectivity index (χ2v) is 8.41. The largest absolute Gasteiger partial charge is 0.478 e. The zero-order valence-corrected chi connectivity index (χ0v) is 18.4. The number of carboxylic acids is 1. The number of nitrogens with zero attached hydrogens (tertiary/aromatic N) is 2. The van der Waals surface area contributed by atoms with Crippen molar-refractivity contribution in [3.05, 3.63) is 99.6 Å². The number of nitrogens with one attached hydrogen (secondary N) is 1. The van der Waals surface area contributed by atoms with Gasteiger partial charge in [0.25, 0.3) is 11.6 Å². The first-order valence-corrected chi connectivity index (χ1v) is 11.1. The maximum Gasteiger partial charge on any atom is 0.339 e. The van der Waals surface area contributed by atoms with E-state index in [1.807, 2.05) is 0 Å². The van der Waals surface area contributed by atoms with Crippen LogP contribution < -0.4 is 9.50 Å². The Morgan fingerprint density at radius 3 is 2.11 bits per heavy atom. The van der Waals surface area contributed by atoms with Crippen LogP contribution in [0.15, 0.2) is 83.3 Å². The molecule has 12 heteroatoms. The maximum atomic E-state index is 12.4. The average molecular weight is 493 g/mol. The molecular weight excluding hydrogens is 478 g/mol. The van der Waals surface area contributed by atoms with Gasteiger partial charge in [0.05, 0.1) is 10.5 Å². The Kier molecular flexibility index (Phi) is 7.23. The van der Waals surface area contributed by atoms with Gasteiger partial charge < -0.3 is 14.6 Å². The predicted octanol–water partition coefficient (Wildman–Crippen LogP) is 3.61. The van der Waals surface area contributed by atoms with Gasteiger partial charge in [0, 0.05) is 17.8 Å². The van der Waals surface area contributed by atoms with Gasteiger partial charge in [0.15, 0.2) is 0 Å². The number of carboxylic acid groups (broad SMARTS) is 1. The van der Waals surface area contributed by atoms with Gasteiger partial charge in [-0.2, -0.15) is 13.7 Å². The number of nitro benzene ring substituents is 1. The SMILES string of the molecule is N#C/C(=C\c1ccc(OS(=O)(=O)c2ccc([N+](=O)[O-])cc2)cc1)C(=O)Nc1ccc(C(=O)O)cc1. The number of rotatable bonds is 8. The summed E-state index contributed by atoms with van der Waals surface area (Å²) in [7, 11) is -4.24. The number of amides is 1. The third-order valence-electron chi connectivity index (χ3n) is 4.49. The number of nitro groups is 1. The molecule has 0 aliphatic heterocycles. The number of carbonyl (C=O) groups is 2. The third-order valence-corrected chi connectivity index (χ3v) is 5.75. The minimum Gasteiger partial charge on any atom is -0.478 e. The van der Waals surface area contributed by atoms with Gasteiger partial charge in [-0.05, 0) is 60.2 Å². The molecule has 3 aromatic carbocycles. The van der Waals surface area contributed by atoms with E-state index in [0.717, 1.165) is 24.3 Å². The van der Waals surface area contributed by atoms with Crippen molar-refractivity contribution in [2.75, 3.05) is 5.32 Å². The van der Waals surface area contributed by atoms with E-state index in [2.05, 4.69) is 5.32 Å². The van der Waals surface area contributed by atoms with Gasteiger partial charge in [-0.3, -0.25) is 14.9 Å². The Balaban J connectivity index is 1.71. The summed E-state index contributed by atoms with van der Waals surface area (Å²) in [6, 6.07) is 16.8. The highest BCUT2D eigenvalue weighted by Crippen LogP contribution is 2.22. The van der Waals surface area contributed by atoms with Crippen LogP contribution in [0.4, 0.5) is 11.4 Å². The molecular formula is C23H15N3O8S. The van der Waals surface area contributed by atoms with Gasteiger partial charge in [0.2, 0.25) is 0 Å². The molecule has 0 atom stereocenters. The lowest BCUT2D eigenvalue weighted by Crippen LogP contribution is -2.13. The van der Waals surface area contributed by atoms with Gasteiger partial charge in [-0.1, -0.05) is 12.1 Å². The van der Waals surface area contributed by atoms with E-state index >= 15 is 0 Å². The van der Waals surface area contributed by atoms with E-state index in [9.17, 15) is 33.4 Å². The first-order valence-electron chi connectivity index (χ1n) is 9.64. The lowest BCUT2D eigenvalue weighted by atomic mass is 10.1. The Morgan fingerprint density at radius 1 is 1.00 bits per heavy atom. The summed E-state index contributed by atoms with van der Waals surface area (Å²) in [6.07, 6.45) is 1.27. The van der Waals surface area contributed by atoms with Gasteiger partial charge in [0.1, 0.15) is 22.3 Å². The van der Waals surface area contributed by atoms with Crippen molar-refractivity contribution in [1.82, 2.24) is 0 Å². The topological polar surface area (TPSA) is 177 Å². The van der Waals surface area contributed by atoms with Crippen molar-refractivity contribution in [3.8, 4) is 11.8 Å². The van der Waals surface area contributed by atoms with E-state index in [4.69, 9.17) is 9.29 Å². The lowest BCUT2D eigenvalue weighted by molar-refractivity contribution is -0.384. The summed E-state index contributed by atoms with van der Waals surface area (Å²) >= 11 is 0. The molecule has 1 amide bonds. The molecule has 3 rings (SSSR count). The van der Waals surface area contributed by atoms with Crippen LogP contribution in [0.1, 0.15) is 15.9 Å². The fraction of sp³-hybridized carbons (Fsp3) is 0. The zero-order valence-electron chi connectivity index (χ0n) is 17.6. The molecule has 35 heavy (non-hydrogen) atoms. The molecule has 2 N–H and O–H groups in total. The predicted molar refractivity (Wildman–Crippen MR) is 123 cm³/mol. The van der Waals surface area contributed by atoms with Crippen molar-refractivity contribution in [2.24, 2.45) is 0 Å². The molecule has 0 heterocycles. The Morgan fingerprint density at radius 2 is 1.60 bits per heavy atom. The summed E-state index contributed by atoms with van der Waals surface area (Å²) in [5, 5.41) is 31.4. The fourth-order valence-corrected chi connectivity index (χ4v) is 3.67. The minimum atomic E-state index is -4.24. The van der Waals surface area contributed by atoms with E-state index in [1.54, 1.807) is 6.07 Å². The minimum absolute atomic E-state index is 0.0388. The van der Waals surface area contributed by atoms with Crippen molar-refractivity contribution < 1.29 is 32.2 Å². The van der Waals surface area contributed by atoms with Crippen LogP contribution in [0, 0.1) is 21.4 Å². The summed E-state index contributed by atoms with van der Waals surface area (Å²) in [5.74, 6) is -1.90. The zero-order chi connectivity index (χ0) is 25.6. The molecule has 0 unspecified atom stereocenters. The molecule has 0 spiro atoms. The molecule has 0 radical (unpaired) electrons. The second kappa shape index (κ2) is 10.3. The van der Waals surface area contributed by atoms with Crippen LogP contribution in [-0.2, 0) is 14.9 Å². The number of hydrogen-bond acceptors (Lipinski definition) is 8. The van der Waals surface area contributed by atoms with Crippen molar-refractivity contribution in [3.63, 3.8) is 0 Å². The van der Waals surface area contributed by atoms with Crippen LogP contribution in [0.2, 0.25) is 0 Å². The monoisotopic (exact) mass is 493 g/mol. The lowest BCUT2D eigenvalue weighted by Gasteiger charge is -2.07. The Hall–Kier alpha value is -5.02. The van der Waals surface area contributed by atoms with Gasteiger partial charge in [-0.25, -0.2) is 4.79 Å². The summed E-state index contributed by atoms with van der Waals surface area (Å²) in [6.45, 7) is 0. The Labute approximate surface area is 198 Å². The van der Waals surface area contributed by atoms with Crippen LogP contribution in [0.5, 0.6) is 5.75 Å². The van der Waals surface area contributed by atoms with Gasteiger partial charge in [-0.15, -0.1) is 0 Å². The first-order chi connectivity index (χ1) is 16.6. The highest BCUT2D eigenvalue weighted by molar-refractivity contribution is 7.87. The molecule has 176 valence electrons. The first kappa shape index (κ1) is 24.6. The molecule has 11 nitrogen and oxygen atoms in total. The molecule has 0 aliphatic carbocycles. The van der Waals surface area contributed by atoms with E-state index < -0.39 is 26.9 Å². The summed E-state index contributed by atoms with van der Waals surface area (Å²) in [5.41, 5.74) is 0.213. The third kappa shape index (κ3) is 6.28. The second-order valence-electron chi connectivity index (χ2n) is 6.86. The van der Waals surface area contributed by atoms with E-state index in [0.29, 0.717) is 11.3 Å². The number of nitriles is 1. The molecule has 0 bridgehead atoms. The Bertz CT molecular complexity index is 1460. The molecule has 3 aromatic rings. The normalized spacial score (nSPS) is 11.2. The number of benzene rings is 3. The number of carbonyl (C=O) groups excluding carboxylic acids is 1. The van der Waals surface area contributed by atoms with E-state index in [-0.39, 0.29) is 27.5 Å². The number of non-ortho nitro benzene ring substituents is 1. The van der Waals surface area contributed by atoms with Crippen molar-refractivity contribution in [2.45, 2.75) is 4.90 Å². The maximum absolute atomic E-state index is 12.4. The summed E-state index contributed by atoms with van der Waals surface area (Å²) < 4.78 is 29.8. The van der Waals surface area contributed by atoms with Crippen LogP contribution in [0.25, 0.3) is 6.08 Å². The molecule has 0 saturated carbocycles. The highest BCUT2D eigenvalue weighted by Gasteiger charge is 2.18. The number of hydrogen-bond donors (Lipinski definition) is 2. The molecule has 0 saturated heterocycles. The van der Waals surface area contributed by atoms with Gasteiger partial charge >= 0.3 is 16.1 Å². The quantitative estimate of drug-likeness (QED) is 0.156. The van der Waals surface area contributed by atoms with E-state index in [1.165, 1.54) is 54.6 Å². The van der Waals surface area contributed by atoms with Crippen LogP contribution in [-0.4, -0.2) is 30.3 Å². The standard InChI is InChI=1S/C23H15N3O8S/c24-14-17(22(27)25-18-5-3-16(4-6-18)23(28)29)13-15-1-9-20(10-2-15)34-35(32,33)21-11-7-19(8-12-21)26(30)31/h1-13H,(H,25,27)(H,28,29)/b17-13+.